The van der Waals surface area contributed by atoms with Crippen LogP contribution in [0.2, 0.25) is 0 Å². The van der Waals surface area contributed by atoms with E-state index in [4.69, 9.17) is 9.47 Å². The number of Topliss-reactive ketones (excluding diaryl/α,β-unsaturated/α-hetero) is 1. The highest BCUT2D eigenvalue weighted by molar-refractivity contribution is 5.97. The van der Waals surface area contributed by atoms with Crippen LogP contribution in [0.3, 0.4) is 0 Å². The van der Waals surface area contributed by atoms with Gasteiger partial charge >= 0.3 is 5.97 Å². The number of hydrogen-bond donors (Lipinski definition) is 1. The molecule has 2 rings (SSSR count). The Balaban J connectivity index is 2.13. The van der Waals surface area contributed by atoms with Crippen LogP contribution < -0.4 is 4.74 Å². The standard InChI is InChI=1S/C15H16O5/c1-8(7-19-10(3)17)14-5-11-4-12(9(2)16)13(18)6-15(11)20-14/h4,6,14,18H,1,5,7H2,2-3H3. The third kappa shape index (κ3) is 2.82. The monoisotopic (exact) mass is 276 g/mol. The molecule has 0 radical (unpaired) electrons. The van der Waals surface area contributed by atoms with Gasteiger partial charge in [-0.3, -0.25) is 9.59 Å². The lowest BCUT2D eigenvalue weighted by Gasteiger charge is -2.13. The molecule has 1 aromatic rings. The van der Waals surface area contributed by atoms with Crippen molar-refractivity contribution in [1.29, 1.82) is 0 Å². The van der Waals surface area contributed by atoms with Crippen LogP contribution in [0.5, 0.6) is 11.5 Å². The first-order chi connectivity index (χ1) is 9.38. The lowest BCUT2D eigenvalue weighted by molar-refractivity contribution is -0.140. The van der Waals surface area contributed by atoms with Gasteiger partial charge in [-0.25, -0.2) is 0 Å². The second-order valence-electron chi connectivity index (χ2n) is 4.78. The molecular formula is C15H16O5. The molecule has 1 atom stereocenters. The number of aromatic hydroxyl groups is 1. The van der Waals surface area contributed by atoms with E-state index in [0.717, 1.165) is 5.56 Å². The minimum Gasteiger partial charge on any atom is -0.507 e. The number of carbonyl (C=O) groups excluding carboxylic acids is 2. The molecule has 0 saturated heterocycles. The van der Waals surface area contributed by atoms with E-state index in [0.29, 0.717) is 17.7 Å². The van der Waals surface area contributed by atoms with Gasteiger partial charge in [0, 0.05) is 25.0 Å². The maximum Gasteiger partial charge on any atom is 0.302 e. The Morgan fingerprint density at radius 3 is 2.75 bits per heavy atom. The van der Waals surface area contributed by atoms with Gasteiger partial charge in [-0.2, -0.15) is 0 Å². The van der Waals surface area contributed by atoms with Gasteiger partial charge in [0.2, 0.25) is 0 Å². The molecule has 1 N–H and O–H groups in total. The number of rotatable bonds is 4. The van der Waals surface area contributed by atoms with E-state index >= 15 is 0 Å². The van der Waals surface area contributed by atoms with Gasteiger partial charge in [-0.05, 0) is 18.6 Å². The van der Waals surface area contributed by atoms with Crippen LogP contribution >= 0.6 is 0 Å². The SMILES string of the molecule is C=C(COC(C)=O)C1Cc2cc(C(C)=O)c(O)cc2O1. The summed E-state index contributed by atoms with van der Waals surface area (Å²) in [7, 11) is 0. The van der Waals surface area contributed by atoms with Crippen LogP contribution in [0.1, 0.15) is 29.8 Å². The summed E-state index contributed by atoms with van der Waals surface area (Å²) < 4.78 is 10.5. The first-order valence-electron chi connectivity index (χ1n) is 6.23. The van der Waals surface area contributed by atoms with Crippen molar-refractivity contribution in [3.63, 3.8) is 0 Å². The Labute approximate surface area is 116 Å². The molecule has 5 heteroatoms. The van der Waals surface area contributed by atoms with Gasteiger partial charge < -0.3 is 14.6 Å². The number of hydrogen-bond acceptors (Lipinski definition) is 5. The normalized spacial score (nSPS) is 16.2. The quantitative estimate of drug-likeness (QED) is 0.517. The van der Waals surface area contributed by atoms with Crippen LogP contribution in [-0.2, 0) is 16.0 Å². The van der Waals surface area contributed by atoms with Crippen molar-refractivity contribution < 1.29 is 24.2 Å². The lowest BCUT2D eigenvalue weighted by atomic mass is 10.0. The van der Waals surface area contributed by atoms with E-state index < -0.39 is 0 Å². The predicted octanol–water partition coefficient (Wildman–Crippen LogP) is 2.02. The van der Waals surface area contributed by atoms with Gasteiger partial charge in [0.05, 0.1) is 5.56 Å². The molecule has 1 heterocycles. The molecule has 1 aromatic carbocycles. The van der Waals surface area contributed by atoms with Crippen LogP contribution in [0.25, 0.3) is 0 Å². The number of benzene rings is 1. The fourth-order valence-electron chi connectivity index (χ4n) is 2.07. The van der Waals surface area contributed by atoms with Gasteiger partial charge in [-0.1, -0.05) is 6.58 Å². The summed E-state index contributed by atoms with van der Waals surface area (Å²) >= 11 is 0. The van der Waals surface area contributed by atoms with E-state index in [-0.39, 0.29) is 35.8 Å². The molecule has 0 bridgehead atoms. The lowest BCUT2D eigenvalue weighted by Crippen LogP contribution is -2.20. The third-order valence-corrected chi connectivity index (χ3v) is 3.15. The number of ether oxygens (including phenoxy) is 2. The van der Waals surface area contributed by atoms with Crippen LogP contribution in [0.15, 0.2) is 24.3 Å². The van der Waals surface area contributed by atoms with E-state index in [1.165, 1.54) is 19.9 Å². The molecule has 5 nitrogen and oxygen atoms in total. The van der Waals surface area contributed by atoms with Crippen molar-refractivity contribution in [2.45, 2.75) is 26.4 Å². The summed E-state index contributed by atoms with van der Waals surface area (Å²) in [5.74, 6) is -0.144. The Morgan fingerprint density at radius 1 is 1.45 bits per heavy atom. The van der Waals surface area contributed by atoms with Crippen LogP contribution in [-0.4, -0.2) is 29.6 Å². The molecular weight excluding hydrogens is 260 g/mol. The summed E-state index contributed by atoms with van der Waals surface area (Å²) in [5.41, 5.74) is 1.75. The van der Waals surface area contributed by atoms with E-state index in [9.17, 15) is 14.7 Å². The zero-order valence-electron chi connectivity index (χ0n) is 11.4. The predicted molar refractivity (Wildman–Crippen MR) is 72.0 cm³/mol. The summed E-state index contributed by atoms with van der Waals surface area (Å²) in [6, 6.07) is 3.07. The van der Waals surface area contributed by atoms with Crippen LogP contribution in [0.4, 0.5) is 0 Å². The van der Waals surface area contributed by atoms with Crippen molar-refractivity contribution in [2.24, 2.45) is 0 Å². The van der Waals surface area contributed by atoms with Crippen molar-refractivity contribution in [3.8, 4) is 11.5 Å². The first kappa shape index (κ1) is 14.1. The van der Waals surface area contributed by atoms with Crippen molar-refractivity contribution >= 4 is 11.8 Å². The molecule has 0 saturated carbocycles. The van der Waals surface area contributed by atoms with Crippen molar-refractivity contribution in [2.75, 3.05) is 6.61 Å². The summed E-state index contributed by atoms with van der Waals surface area (Å²) in [4.78, 5) is 22.2. The topological polar surface area (TPSA) is 72.8 Å². The maximum atomic E-state index is 11.4. The fourth-order valence-corrected chi connectivity index (χ4v) is 2.07. The number of esters is 1. The molecule has 0 fully saturated rings. The number of fused-ring (bicyclic) bond motifs is 1. The van der Waals surface area contributed by atoms with Crippen molar-refractivity contribution in [3.05, 3.63) is 35.4 Å². The zero-order valence-corrected chi connectivity index (χ0v) is 11.4. The summed E-state index contributed by atoms with van der Waals surface area (Å²) in [5, 5.41) is 9.75. The molecule has 20 heavy (non-hydrogen) atoms. The second kappa shape index (κ2) is 5.36. The minimum atomic E-state index is -0.377. The Kier molecular flexibility index (Phi) is 3.79. The average molecular weight is 276 g/mol. The zero-order chi connectivity index (χ0) is 14.9. The second-order valence-corrected chi connectivity index (χ2v) is 4.78. The highest BCUT2D eigenvalue weighted by atomic mass is 16.5. The highest BCUT2D eigenvalue weighted by Crippen LogP contribution is 2.36. The molecule has 0 aliphatic carbocycles. The largest absolute Gasteiger partial charge is 0.507 e. The Morgan fingerprint density at radius 2 is 2.15 bits per heavy atom. The number of phenolic OH excluding ortho intramolecular Hbond substituents is 1. The third-order valence-electron chi connectivity index (χ3n) is 3.15. The summed E-state index contributed by atoms with van der Waals surface area (Å²) in [6.07, 6.45) is 0.224. The van der Waals surface area contributed by atoms with Gasteiger partial charge in [0.15, 0.2) is 5.78 Å². The minimum absolute atomic E-state index is 0.0949. The molecule has 0 spiro atoms. The number of phenols is 1. The van der Waals surface area contributed by atoms with Crippen molar-refractivity contribution in [1.82, 2.24) is 0 Å². The van der Waals surface area contributed by atoms with Gasteiger partial charge in [0.25, 0.3) is 0 Å². The molecule has 1 aliphatic rings. The fraction of sp³-hybridized carbons (Fsp3) is 0.333. The Hall–Kier alpha value is -2.30. The van der Waals surface area contributed by atoms with E-state index in [1.54, 1.807) is 6.07 Å². The molecule has 0 aromatic heterocycles. The number of ketones is 1. The average Bonchev–Trinajstić information content (AvgIpc) is 2.77. The molecule has 106 valence electrons. The molecule has 0 amide bonds. The highest BCUT2D eigenvalue weighted by Gasteiger charge is 2.27. The van der Waals surface area contributed by atoms with Gasteiger partial charge in [0.1, 0.15) is 24.2 Å². The number of carbonyl (C=O) groups is 2. The maximum absolute atomic E-state index is 11.4. The molecule has 1 aliphatic heterocycles. The van der Waals surface area contributed by atoms with E-state index in [1.807, 2.05) is 0 Å². The first-order valence-corrected chi connectivity index (χ1v) is 6.23. The van der Waals surface area contributed by atoms with Crippen LogP contribution in [0, 0.1) is 0 Å². The Bertz CT molecular complexity index is 588. The van der Waals surface area contributed by atoms with E-state index in [2.05, 4.69) is 6.58 Å². The molecule has 1 unspecified atom stereocenters. The smallest absolute Gasteiger partial charge is 0.302 e. The summed E-state index contributed by atoms with van der Waals surface area (Å²) in [6.45, 7) is 6.66. The van der Waals surface area contributed by atoms with Gasteiger partial charge in [-0.15, -0.1) is 0 Å².